The lowest BCUT2D eigenvalue weighted by molar-refractivity contribution is 0.192. The number of rotatable bonds is 6. The van der Waals surface area contributed by atoms with Crippen LogP contribution in [0.4, 0.5) is 11.8 Å². The molecular formula is C20H22Cl2N6O3. The lowest BCUT2D eigenvalue weighted by Gasteiger charge is -2.17. The van der Waals surface area contributed by atoms with Gasteiger partial charge in [0.05, 0.1) is 55.3 Å². The topological polar surface area (TPSA) is 116 Å². The number of nitrogens with two attached hydrogens (primary N) is 1. The van der Waals surface area contributed by atoms with Crippen LogP contribution < -0.4 is 25.8 Å². The molecule has 0 saturated carbocycles. The number of hydrogen-bond donors (Lipinski definition) is 3. The van der Waals surface area contributed by atoms with Crippen molar-refractivity contribution < 1.29 is 14.2 Å². The normalized spacial score (nSPS) is 18.3. The van der Waals surface area contributed by atoms with Crippen molar-refractivity contribution in [2.75, 3.05) is 45.1 Å². The summed E-state index contributed by atoms with van der Waals surface area (Å²) >= 11 is 13.1. The Morgan fingerprint density at radius 2 is 1.81 bits per heavy atom. The first kappa shape index (κ1) is 21.6. The van der Waals surface area contributed by atoms with Crippen molar-refractivity contribution in [2.45, 2.75) is 12.1 Å². The molecule has 0 spiro atoms. The van der Waals surface area contributed by atoms with E-state index in [9.17, 15) is 0 Å². The molecule has 0 aliphatic carbocycles. The Labute approximate surface area is 189 Å². The molecule has 31 heavy (non-hydrogen) atoms. The van der Waals surface area contributed by atoms with Crippen molar-refractivity contribution >= 4 is 45.9 Å². The SMILES string of the molecule is CNc1nc(-c2c(Cl)c(OC)cc(OC)c2Cl)cc2cnc(N[C@@H]3COC[C@@H]3N)nc12. The summed E-state index contributed by atoms with van der Waals surface area (Å²) in [5, 5.41) is 7.72. The van der Waals surface area contributed by atoms with Crippen LogP contribution in [0.5, 0.6) is 11.5 Å². The van der Waals surface area contributed by atoms with Gasteiger partial charge in [0.2, 0.25) is 5.95 Å². The number of hydrogen-bond acceptors (Lipinski definition) is 9. The molecule has 164 valence electrons. The molecule has 3 aromatic rings. The van der Waals surface area contributed by atoms with Gasteiger partial charge in [-0.3, -0.25) is 0 Å². The van der Waals surface area contributed by atoms with Gasteiger partial charge in [-0.2, -0.15) is 0 Å². The highest BCUT2D eigenvalue weighted by atomic mass is 35.5. The van der Waals surface area contributed by atoms with Crippen LogP contribution in [0.15, 0.2) is 18.3 Å². The number of anilines is 2. The third-order valence-electron chi connectivity index (χ3n) is 5.07. The second-order valence-corrected chi connectivity index (χ2v) is 7.73. The summed E-state index contributed by atoms with van der Waals surface area (Å²) in [5.74, 6) is 1.84. The second kappa shape index (κ2) is 8.88. The van der Waals surface area contributed by atoms with Gasteiger partial charge in [-0.1, -0.05) is 23.2 Å². The summed E-state index contributed by atoms with van der Waals surface area (Å²) < 4.78 is 16.1. The van der Waals surface area contributed by atoms with E-state index in [2.05, 4.69) is 20.6 Å². The molecule has 4 N–H and O–H groups in total. The standard InChI is InChI=1S/C20H22Cl2N6O3/c1-24-19-18-9(6-25-20(28-18)27-12-8-31-7-10(12)23)4-11(26-19)15-16(21)13(29-2)5-14(30-3)17(15)22/h4-6,10,12H,7-8,23H2,1-3H3,(H,24,26)(H,25,27,28)/t10-,12+/m0/s1. The maximum Gasteiger partial charge on any atom is 0.223 e. The molecule has 0 bridgehead atoms. The van der Waals surface area contributed by atoms with E-state index in [0.29, 0.717) is 63.3 Å². The van der Waals surface area contributed by atoms with Gasteiger partial charge >= 0.3 is 0 Å². The summed E-state index contributed by atoms with van der Waals surface area (Å²) in [6.07, 6.45) is 1.71. The summed E-state index contributed by atoms with van der Waals surface area (Å²) in [6.45, 7) is 1.01. The van der Waals surface area contributed by atoms with Gasteiger partial charge in [-0.05, 0) is 6.07 Å². The third kappa shape index (κ3) is 4.01. The highest BCUT2D eigenvalue weighted by Gasteiger charge is 2.26. The summed E-state index contributed by atoms with van der Waals surface area (Å²) in [6, 6.07) is 3.28. The highest BCUT2D eigenvalue weighted by molar-refractivity contribution is 6.41. The van der Waals surface area contributed by atoms with Gasteiger partial charge in [0.1, 0.15) is 17.0 Å². The maximum absolute atomic E-state index is 6.57. The molecule has 0 radical (unpaired) electrons. The van der Waals surface area contributed by atoms with Crippen LogP contribution in [0.25, 0.3) is 22.2 Å². The minimum Gasteiger partial charge on any atom is -0.495 e. The van der Waals surface area contributed by atoms with Gasteiger partial charge in [0.25, 0.3) is 0 Å². The van der Waals surface area contributed by atoms with Crippen LogP contribution in [-0.4, -0.2) is 61.5 Å². The van der Waals surface area contributed by atoms with E-state index in [0.717, 1.165) is 5.39 Å². The fourth-order valence-corrected chi connectivity index (χ4v) is 4.10. The maximum atomic E-state index is 6.57. The Morgan fingerprint density at radius 1 is 1.10 bits per heavy atom. The minimum absolute atomic E-state index is 0.0513. The van der Waals surface area contributed by atoms with E-state index in [-0.39, 0.29) is 12.1 Å². The van der Waals surface area contributed by atoms with Crippen molar-refractivity contribution in [1.82, 2.24) is 15.0 Å². The van der Waals surface area contributed by atoms with E-state index < -0.39 is 0 Å². The predicted molar refractivity (Wildman–Crippen MR) is 122 cm³/mol. The van der Waals surface area contributed by atoms with Crippen LogP contribution in [0.1, 0.15) is 0 Å². The largest absolute Gasteiger partial charge is 0.495 e. The average Bonchev–Trinajstić information content (AvgIpc) is 3.18. The molecule has 1 aliphatic rings. The number of nitrogens with zero attached hydrogens (tertiary/aromatic N) is 3. The van der Waals surface area contributed by atoms with E-state index in [1.165, 1.54) is 14.2 Å². The van der Waals surface area contributed by atoms with Gasteiger partial charge in [0.15, 0.2) is 5.82 Å². The number of benzene rings is 1. The molecule has 9 nitrogen and oxygen atoms in total. The Hall–Kier alpha value is -2.59. The molecule has 1 aromatic carbocycles. The van der Waals surface area contributed by atoms with Gasteiger partial charge < -0.3 is 30.6 Å². The average molecular weight is 465 g/mol. The molecular weight excluding hydrogens is 443 g/mol. The van der Waals surface area contributed by atoms with Crippen molar-refractivity contribution in [3.05, 3.63) is 28.4 Å². The number of fused-ring (bicyclic) bond motifs is 1. The van der Waals surface area contributed by atoms with Crippen molar-refractivity contribution in [1.29, 1.82) is 0 Å². The quantitative estimate of drug-likeness (QED) is 0.505. The molecule has 4 rings (SSSR count). The second-order valence-electron chi connectivity index (χ2n) is 6.97. The predicted octanol–water partition coefficient (Wildman–Crippen LogP) is 3.20. The Bertz CT molecular complexity index is 1100. The van der Waals surface area contributed by atoms with Crippen LogP contribution in [0.3, 0.4) is 0 Å². The summed E-state index contributed by atoms with van der Waals surface area (Å²) in [7, 11) is 4.81. The first-order chi connectivity index (χ1) is 15.0. The van der Waals surface area contributed by atoms with Crippen LogP contribution in [0, 0.1) is 0 Å². The van der Waals surface area contributed by atoms with E-state index >= 15 is 0 Å². The lowest BCUT2D eigenvalue weighted by atomic mass is 10.1. The fraction of sp³-hybridized carbons (Fsp3) is 0.350. The van der Waals surface area contributed by atoms with Gasteiger partial charge in [-0.25, -0.2) is 15.0 Å². The first-order valence-corrected chi connectivity index (χ1v) is 10.3. The molecule has 1 fully saturated rings. The third-order valence-corrected chi connectivity index (χ3v) is 5.82. The molecule has 2 atom stereocenters. The number of nitrogens with one attached hydrogen (secondary N) is 2. The monoisotopic (exact) mass is 464 g/mol. The van der Waals surface area contributed by atoms with E-state index in [4.69, 9.17) is 48.1 Å². The fourth-order valence-electron chi connectivity index (χ4n) is 3.41. The molecule has 2 aromatic heterocycles. The van der Waals surface area contributed by atoms with Crippen molar-refractivity contribution in [3.8, 4) is 22.8 Å². The smallest absolute Gasteiger partial charge is 0.223 e. The van der Waals surface area contributed by atoms with Crippen LogP contribution >= 0.6 is 23.2 Å². The first-order valence-electron chi connectivity index (χ1n) is 9.52. The highest BCUT2D eigenvalue weighted by Crippen LogP contribution is 2.46. The zero-order valence-corrected chi connectivity index (χ0v) is 18.7. The molecule has 1 saturated heterocycles. The summed E-state index contributed by atoms with van der Waals surface area (Å²) in [5.41, 5.74) is 7.70. The van der Waals surface area contributed by atoms with Crippen LogP contribution in [0.2, 0.25) is 10.0 Å². The summed E-state index contributed by atoms with van der Waals surface area (Å²) in [4.78, 5) is 13.7. The molecule has 3 heterocycles. The van der Waals surface area contributed by atoms with E-state index in [1.54, 1.807) is 19.3 Å². The van der Waals surface area contributed by atoms with Crippen molar-refractivity contribution in [3.63, 3.8) is 0 Å². The van der Waals surface area contributed by atoms with Gasteiger partial charge in [-0.15, -0.1) is 0 Å². The van der Waals surface area contributed by atoms with Crippen molar-refractivity contribution in [2.24, 2.45) is 5.73 Å². The number of aromatic nitrogens is 3. The molecule has 0 unspecified atom stereocenters. The molecule has 0 amide bonds. The number of ether oxygens (including phenoxy) is 3. The Kier molecular flexibility index (Phi) is 6.19. The Morgan fingerprint density at radius 3 is 2.39 bits per heavy atom. The van der Waals surface area contributed by atoms with Crippen LogP contribution in [-0.2, 0) is 4.74 Å². The number of pyridine rings is 1. The minimum atomic E-state index is -0.115. The zero-order chi connectivity index (χ0) is 22.1. The van der Waals surface area contributed by atoms with Gasteiger partial charge in [0, 0.05) is 30.3 Å². The number of halogens is 2. The number of methoxy groups -OCH3 is 2. The Balaban J connectivity index is 1.82. The van der Waals surface area contributed by atoms with E-state index in [1.807, 2.05) is 6.07 Å². The lowest BCUT2D eigenvalue weighted by Crippen LogP contribution is -2.39. The molecule has 11 heteroatoms. The zero-order valence-electron chi connectivity index (χ0n) is 17.2. The molecule has 1 aliphatic heterocycles.